The molecule has 0 aliphatic heterocycles. The minimum Gasteiger partial charge on any atom is -0.481 e. The highest BCUT2D eigenvalue weighted by molar-refractivity contribution is 6.00. The second-order valence-corrected chi connectivity index (χ2v) is 23.1. The van der Waals surface area contributed by atoms with Crippen LogP contribution in [0, 0.1) is 68.0 Å². The van der Waals surface area contributed by atoms with Crippen LogP contribution in [0.15, 0.2) is 59.7 Å². The van der Waals surface area contributed by atoms with Gasteiger partial charge in [-0.05, 0) is 126 Å². The third kappa shape index (κ3) is 6.27. The van der Waals surface area contributed by atoms with Crippen molar-refractivity contribution >= 4 is 28.8 Å². The van der Waals surface area contributed by atoms with Crippen LogP contribution in [0.4, 0.5) is 0 Å². The molecule has 0 radical (unpaired) electrons. The molecule has 9 nitrogen and oxygen atoms in total. The van der Waals surface area contributed by atoms with Gasteiger partial charge in [-0.15, -0.1) is 0 Å². The van der Waals surface area contributed by atoms with Crippen molar-refractivity contribution in [3.8, 4) is 11.4 Å². The summed E-state index contributed by atoms with van der Waals surface area (Å²) in [4.78, 5) is 48.1. The largest absolute Gasteiger partial charge is 0.481 e. The van der Waals surface area contributed by atoms with Gasteiger partial charge in [-0.25, -0.2) is 4.98 Å². The van der Waals surface area contributed by atoms with Crippen molar-refractivity contribution in [1.82, 2.24) is 15.3 Å². The Morgan fingerprint density at radius 1 is 0.871 bits per heavy atom. The zero-order chi connectivity index (χ0) is 44.4. The van der Waals surface area contributed by atoms with Crippen molar-refractivity contribution in [3.05, 3.63) is 65.2 Å². The number of allylic oxidation sites excluding steroid dienone is 1. The third-order valence-electron chi connectivity index (χ3n) is 19.4. The van der Waals surface area contributed by atoms with Crippen LogP contribution in [-0.2, 0) is 25.7 Å². The average molecular weight is 846 g/mol. The summed E-state index contributed by atoms with van der Waals surface area (Å²) in [6.07, 6.45) is 7.76. The quantitative estimate of drug-likeness (QED) is 0.148. The number of carboxylic acid groups (broad SMARTS) is 1. The molecule has 9 heteroatoms. The van der Waals surface area contributed by atoms with E-state index in [0.717, 1.165) is 84.9 Å². The Morgan fingerprint density at radius 3 is 2.31 bits per heavy atom. The number of H-pyrrole nitrogens is 1. The molecule has 0 bridgehead atoms. The number of aromatic nitrogens is 2. The smallest absolute Gasteiger partial charge is 0.309 e. The number of fused-ring (bicyclic) bond motifs is 8. The second-order valence-electron chi connectivity index (χ2n) is 23.1. The van der Waals surface area contributed by atoms with Crippen LogP contribution < -0.4 is 5.32 Å². The fourth-order valence-corrected chi connectivity index (χ4v) is 15.7. The standard InChI is InChI=1S/C53H71N3O6/c1-30(2)43-38(57)27-53(41(58)29-54-28-31-15-17-36-37(25-31)56-45(55-36)32-13-11-10-12-14-32)24-23-51(8)33(44(43)53)16-18-40-50(7)21-20-42(49(5,6)39(50)19-22-52(40,51)9)62-47(61)35-26-34(46(59)60)48(35,3)4/h10-15,17,25,30,33-35,39-42,54,58H,16,18-24,26-29H2,1-9H3,(H,55,56)(H,59,60)/t33-,34+,35-,39+,40-,41+,42+,50+,51-,52-,53+/m1/s1. The Hall–Kier alpha value is -3.82. The summed E-state index contributed by atoms with van der Waals surface area (Å²) in [5, 5.41) is 25.7. The molecule has 5 saturated carbocycles. The summed E-state index contributed by atoms with van der Waals surface area (Å²) in [6.45, 7) is 21.5. The maximum Gasteiger partial charge on any atom is 0.309 e. The molecule has 6 aliphatic rings. The van der Waals surface area contributed by atoms with E-state index < -0.39 is 28.8 Å². The predicted octanol–water partition coefficient (Wildman–Crippen LogP) is 10.3. The lowest BCUT2D eigenvalue weighted by Crippen LogP contribution is -2.66. The Bertz CT molecular complexity index is 2310. The lowest BCUT2D eigenvalue weighted by atomic mass is 9.33. The van der Waals surface area contributed by atoms with E-state index in [4.69, 9.17) is 9.72 Å². The number of aliphatic hydroxyl groups excluding tert-OH is 1. The van der Waals surface area contributed by atoms with Gasteiger partial charge in [-0.2, -0.15) is 0 Å². The molecule has 6 aliphatic carbocycles. The maximum atomic E-state index is 14.3. The van der Waals surface area contributed by atoms with E-state index in [2.05, 4.69) is 89.1 Å². The van der Waals surface area contributed by atoms with Crippen molar-refractivity contribution < 1.29 is 29.3 Å². The normalized spacial score (nSPS) is 37.5. The minimum absolute atomic E-state index is 0.0251. The molecule has 1 aromatic heterocycles. The molecular weight excluding hydrogens is 775 g/mol. The van der Waals surface area contributed by atoms with E-state index in [1.54, 1.807) is 0 Å². The van der Waals surface area contributed by atoms with Gasteiger partial charge in [0.1, 0.15) is 11.9 Å². The summed E-state index contributed by atoms with van der Waals surface area (Å²) < 4.78 is 6.44. The molecule has 0 unspecified atom stereocenters. The van der Waals surface area contributed by atoms with Crippen LogP contribution in [0.2, 0.25) is 0 Å². The summed E-state index contributed by atoms with van der Waals surface area (Å²) in [7, 11) is 0. The van der Waals surface area contributed by atoms with E-state index in [9.17, 15) is 24.6 Å². The number of carbonyl (C=O) groups is 3. The van der Waals surface area contributed by atoms with Crippen LogP contribution in [0.3, 0.4) is 0 Å². The third-order valence-corrected chi connectivity index (χ3v) is 19.4. The van der Waals surface area contributed by atoms with Crippen LogP contribution in [-0.4, -0.2) is 56.7 Å². The average Bonchev–Trinajstić information content (AvgIpc) is 3.78. The maximum absolute atomic E-state index is 14.3. The fraction of sp³-hybridized carbons (Fsp3) is 0.660. The summed E-state index contributed by atoms with van der Waals surface area (Å²) >= 11 is 0. The molecule has 3 aromatic rings. The van der Waals surface area contributed by atoms with Gasteiger partial charge in [-0.3, -0.25) is 14.4 Å². The first-order valence-electron chi connectivity index (χ1n) is 23.8. The van der Waals surface area contributed by atoms with Crippen molar-refractivity contribution in [2.75, 3.05) is 6.54 Å². The van der Waals surface area contributed by atoms with E-state index in [-0.39, 0.29) is 57.3 Å². The monoisotopic (exact) mass is 846 g/mol. The van der Waals surface area contributed by atoms with Crippen molar-refractivity contribution in [2.45, 2.75) is 145 Å². The topological polar surface area (TPSA) is 142 Å². The molecule has 4 N–H and O–H groups in total. The number of ether oxygens (including phenoxy) is 1. The number of aliphatic carboxylic acids is 1. The van der Waals surface area contributed by atoms with Gasteiger partial charge < -0.3 is 25.3 Å². The van der Waals surface area contributed by atoms with Gasteiger partial charge in [0.15, 0.2) is 5.78 Å². The number of nitrogens with one attached hydrogen (secondary N) is 2. The van der Waals surface area contributed by atoms with Crippen LogP contribution in [0.25, 0.3) is 22.4 Å². The number of nitrogens with zero attached hydrogens (tertiary/aromatic N) is 1. The summed E-state index contributed by atoms with van der Waals surface area (Å²) in [5.74, 6) is 0.344. The molecule has 2 aromatic carbocycles. The number of ketones is 1. The van der Waals surface area contributed by atoms with Crippen LogP contribution in [0.1, 0.15) is 132 Å². The van der Waals surface area contributed by atoms with Crippen molar-refractivity contribution in [2.24, 2.45) is 68.0 Å². The molecule has 5 fully saturated rings. The number of hydrogen-bond donors (Lipinski definition) is 4. The first-order valence-corrected chi connectivity index (χ1v) is 23.8. The van der Waals surface area contributed by atoms with Crippen molar-refractivity contribution in [3.63, 3.8) is 0 Å². The SMILES string of the molecule is CC(C)C1=C2[C@H]3CC[C@@H]4[C@@]5(C)CC[C@H](OC(=O)[C@H]6C[C@@H](C(=O)O)C6(C)C)C(C)(C)[C@@H]5CC[C@@]4(C)[C@]3(C)CC[C@@]2([C@@H](O)CNCc2ccc3nc(-c4ccccc4)[nH]c3c2)CC1=O. The molecule has 334 valence electrons. The first kappa shape index (κ1) is 43.4. The number of Topliss-reactive ketones (excluding diaryl/α,β-unsaturated/α-hetero) is 1. The van der Waals surface area contributed by atoms with Gasteiger partial charge in [0, 0.05) is 35.9 Å². The molecule has 0 amide bonds. The van der Waals surface area contributed by atoms with Gasteiger partial charge in [0.2, 0.25) is 0 Å². The summed E-state index contributed by atoms with van der Waals surface area (Å²) in [6, 6.07) is 16.5. The van der Waals surface area contributed by atoms with Crippen molar-refractivity contribution in [1.29, 1.82) is 0 Å². The molecule has 9 rings (SSSR count). The number of carboxylic acids is 1. The zero-order valence-corrected chi connectivity index (χ0v) is 38.7. The molecule has 11 atom stereocenters. The fourth-order valence-electron chi connectivity index (χ4n) is 15.7. The number of carbonyl (C=O) groups excluding carboxylic acids is 2. The molecular formula is C53H71N3O6. The highest BCUT2D eigenvalue weighted by Gasteiger charge is 2.71. The van der Waals surface area contributed by atoms with E-state index in [1.807, 2.05) is 32.0 Å². The number of rotatable bonds is 10. The Labute approximate surface area is 368 Å². The highest BCUT2D eigenvalue weighted by Crippen LogP contribution is 2.77. The number of aliphatic hydroxyl groups is 1. The number of aromatic amines is 1. The second kappa shape index (κ2) is 14.9. The number of imidazole rings is 1. The van der Waals surface area contributed by atoms with Gasteiger partial charge in [0.05, 0.1) is 29.0 Å². The van der Waals surface area contributed by atoms with Crippen LogP contribution >= 0.6 is 0 Å². The van der Waals surface area contributed by atoms with Gasteiger partial charge >= 0.3 is 11.9 Å². The highest BCUT2D eigenvalue weighted by atomic mass is 16.5. The Kier molecular flexibility index (Phi) is 10.4. The van der Waals surface area contributed by atoms with E-state index in [1.165, 1.54) is 5.57 Å². The lowest BCUT2D eigenvalue weighted by molar-refractivity contribution is -0.238. The number of benzene rings is 2. The summed E-state index contributed by atoms with van der Waals surface area (Å²) in [5.41, 5.74) is 5.06. The van der Waals surface area contributed by atoms with E-state index in [0.29, 0.717) is 37.8 Å². The number of esters is 1. The zero-order valence-electron chi connectivity index (χ0n) is 38.7. The first-order chi connectivity index (χ1) is 29.2. The lowest BCUT2D eigenvalue weighted by Gasteiger charge is -2.72. The Balaban J connectivity index is 0.926. The molecule has 0 saturated heterocycles. The predicted molar refractivity (Wildman–Crippen MR) is 242 cm³/mol. The van der Waals surface area contributed by atoms with Gasteiger partial charge in [0.25, 0.3) is 0 Å². The van der Waals surface area contributed by atoms with Gasteiger partial charge in [-0.1, -0.05) is 104 Å². The molecule has 62 heavy (non-hydrogen) atoms. The van der Waals surface area contributed by atoms with Crippen LogP contribution in [0.5, 0.6) is 0 Å². The minimum atomic E-state index is -0.830. The molecule has 0 spiro atoms. The number of hydrogen-bond acceptors (Lipinski definition) is 7. The van der Waals surface area contributed by atoms with E-state index >= 15 is 0 Å². The molecule has 1 heterocycles. The Morgan fingerprint density at radius 2 is 1.61 bits per heavy atom.